The van der Waals surface area contributed by atoms with Crippen LogP contribution in [0.4, 0.5) is 17.1 Å². The number of carbonyl (C=O) groups excluding carboxylic acids is 2. The van der Waals surface area contributed by atoms with Crippen molar-refractivity contribution in [2.75, 3.05) is 37.5 Å². The standard InChI is InChI=1S/C18H18IN3O6/c1-27-9-8-20-15-7-6-12(10-16(15)22(25)26)18(24)28-11-17(23)21-14-5-3-2-4-13(14)19/h2-7,10,20H,8-9,11H2,1H3,(H,21,23). The van der Waals surface area contributed by atoms with E-state index in [4.69, 9.17) is 9.47 Å². The number of nitro benzene ring substituents is 1. The van der Waals surface area contributed by atoms with Crippen LogP contribution < -0.4 is 10.6 Å². The average Bonchev–Trinajstić information content (AvgIpc) is 2.68. The minimum Gasteiger partial charge on any atom is -0.452 e. The number of ether oxygens (including phenoxy) is 2. The normalized spacial score (nSPS) is 10.2. The molecule has 1 amide bonds. The van der Waals surface area contributed by atoms with Crippen LogP contribution in [0.3, 0.4) is 0 Å². The summed E-state index contributed by atoms with van der Waals surface area (Å²) in [6, 6.07) is 11.1. The lowest BCUT2D eigenvalue weighted by Crippen LogP contribution is -2.21. The summed E-state index contributed by atoms with van der Waals surface area (Å²) in [7, 11) is 1.52. The number of nitrogens with zero attached hydrogens (tertiary/aromatic N) is 1. The van der Waals surface area contributed by atoms with Crippen LogP contribution in [-0.4, -0.2) is 43.7 Å². The largest absolute Gasteiger partial charge is 0.452 e. The number of methoxy groups -OCH3 is 1. The molecule has 0 fully saturated rings. The molecule has 0 aromatic heterocycles. The van der Waals surface area contributed by atoms with E-state index < -0.39 is 23.4 Å². The summed E-state index contributed by atoms with van der Waals surface area (Å²) in [5.74, 6) is -1.34. The fraction of sp³-hybridized carbons (Fsp3) is 0.222. The first-order chi connectivity index (χ1) is 13.4. The molecule has 0 spiro atoms. The van der Waals surface area contributed by atoms with Gasteiger partial charge in [0.15, 0.2) is 6.61 Å². The number of halogens is 1. The molecule has 9 nitrogen and oxygen atoms in total. The van der Waals surface area contributed by atoms with Crippen molar-refractivity contribution in [1.29, 1.82) is 0 Å². The third kappa shape index (κ3) is 6.16. The van der Waals surface area contributed by atoms with Crippen LogP contribution >= 0.6 is 22.6 Å². The van der Waals surface area contributed by atoms with Crippen LogP contribution in [0.2, 0.25) is 0 Å². The minimum absolute atomic E-state index is 0.0221. The maximum atomic E-state index is 12.1. The number of nitrogens with one attached hydrogen (secondary N) is 2. The zero-order valence-electron chi connectivity index (χ0n) is 14.9. The van der Waals surface area contributed by atoms with Gasteiger partial charge in [0.05, 0.1) is 22.8 Å². The zero-order valence-corrected chi connectivity index (χ0v) is 17.1. The van der Waals surface area contributed by atoms with E-state index in [1.807, 2.05) is 12.1 Å². The Morgan fingerprint density at radius 1 is 1.18 bits per heavy atom. The Kier molecular flexibility index (Phi) is 8.14. The second-order valence-corrected chi connectivity index (χ2v) is 6.67. The van der Waals surface area contributed by atoms with Crippen molar-refractivity contribution in [2.24, 2.45) is 0 Å². The number of benzene rings is 2. The predicted molar refractivity (Wildman–Crippen MR) is 112 cm³/mol. The number of hydrogen-bond acceptors (Lipinski definition) is 7. The number of carbonyl (C=O) groups is 2. The van der Waals surface area contributed by atoms with Crippen LogP contribution in [0.1, 0.15) is 10.4 Å². The Morgan fingerprint density at radius 3 is 2.61 bits per heavy atom. The fourth-order valence-corrected chi connectivity index (χ4v) is 2.73. The van der Waals surface area contributed by atoms with Crippen molar-refractivity contribution in [3.63, 3.8) is 0 Å². The van der Waals surface area contributed by atoms with Gasteiger partial charge in [-0.15, -0.1) is 0 Å². The SMILES string of the molecule is COCCNc1ccc(C(=O)OCC(=O)Nc2ccccc2I)cc1[N+](=O)[O-]. The highest BCUT2D eigenvalue weighted by atomic mass is 127. The number of para-hydroxylation sites is 1. The van der Waals surface area contributed by atoms with Gasteiger partial charge in [0.25, 0.3) is 11.6 Å². The van der Waals surface area contributed by atoms with E-state index in [0.717, 1.165) is 9.64 Å². The third-order valence-electron chi connectivity index (χ3n) is 3.53. The first-order valence-electron chi connectivity index (χ1n) is 8.15. The number of rotatable bonds is 9. The molecule has 0 radical (unpaired) electrons. The Morgan fingerprint density at radius 2 is 1.93 bits per heavy atom. The Hall–Kier alpha value is -2.73. The van der Waals surface area contributed by atoms with Gasteiger partial charge in [-0.05, 0) is 46.9 Å². The topological polar surface area (TPSA) is 120 Å². The van der Waals surface area contributed by atoms with E-state index in [0.29, 0.717) is 18.8 Å². The van der Waals surface area contributed by atoms with Crippen LogP contribution in [0, 0.1) is 13.7 Å². The highest BCUT2D eigenvalue weighted by Gasteiger charge is 2.19. The third-order valence-corrected chi connectivity index (χ3v) is 4.47. The van der Waals surface area contributed by atoms with Crippen molar-refractivity contribution in [1.82, 2.24) is 0 Å². The van der Waals surface area contributed by atoms with Crippen molar-refractivity contribution in [3.8, 4) is 0 Å². The molecule has 0 unspecified atom stereocenters. The molecule has 148 valence electrons. The van der Waals surface area contributed by atoms with Gasteiger partial charge in [0, 0.05) is 23.3 Å². The summed E-state index contributed by atoms with van der Waals surface area (Å²) >= 11 is 2.07. The number of amides is 1. The van der Waals surface area contributed by atoms with Gasteiger partial charge < -0.3 is 20.1 Å². The van der Waals surface area contributed by atoms with Crippen molar-refractivity contribution in [3.05, 3.63) is 61.7 Å². The molecule has 2 rings (SSSR count). The quantitative estimate of drug-likeness (QED) is 0.179. The van der Waals surface area contributed by atoms with Gasteiger partial charge in [-0.25, -0.2) is 4.79 Å². The highest BCUT2D eigenvalue weighted by molar-refractivity contribution is 14.1. The summed E-state index contributed by atoms with van der Waals surface area (Å²) in [4.78, 5) is 34.7. The Bertz CT molecular complexity index is 874. The molecule has 28 heavy (non-hydrogen) atoms. The van der Waals surface area contributed by atoms with E-state index >= 15 is 0 Å². The fourth-order valence-electron chi connectivity index (χ4n) is 2.21. The van der Waals surface area contributed by atoms with E-state index in [1.54, 1.807) is 12.1 Å². The molecule has 2 N–H and O–H groups in total. The molecule has 2 aromatic carbocycles. The van der Waals surface area contributed by atoms with E-state index in [1.165, 1.54) is 19.2 Å². The molecule has 0 atom stereocenters. The summed E-state index contributed by atoms with van der Waals surface area (Å²) in [5.41, 5.74) is 0.571. The molecule has 0 aliphatic carbocycles. The highest BCUT2D eigenvalue weighted by Crippen LogP contribution is 2.26. The average molecular weight is 499 g/mol. The smallest absolute Gasteiger partial charge is 0.338 e. The van der Waals surface area contributed by atoms with Gasteiger partial charge in [-0.2, -0.15) is 0 Å². The Balaban J connectivity index is 1.99. The maximum Gasteiger partial charge on any atom is 0.338 e. The predicted octanol–water partition coefficient (Wildman–Crippen LogP) is 3.05. The second kappa shape index (κ2) is 10.6. The molecule has 2 aromatic rings. The lowest BCUT2D eigenvalue weighted by molar-refractivity contribution is -0.384. The lowest BCUT2D eigenvalue weighted by atomic mass is 10.1. The molecular formula is C18H18IN3O6. The van der Waals surface area contributed by atoms with Crippen LogP contribution in [-0.2, 0) is 14.3 Å². The number of hydrogen-bond donors (Lipinski definition) is 2. The second-order valence-electron chi connectivity index (χ2n) is 5.51. The number of esters is 1. The monoisotopic (exact) mass is 499 g/mol. The van der Waals surface area contributed by atoms with Crippen molar-refractivity contribution in [2.45, 2.75) is 0 Å². The molecule has 0 saturated carbocycles. The minimum atomic E-state index is -0.829. The molecule has 0 aliphatic heterocycles. The molecule has 0 bridgehead atoms. The molecule has 0 saturated heterocycles. The molecule has 0 heterocycles. The number of anilines is 2. The first kappa shape index (κ1) is 21.6. The van der Waals surface area contributed by atoms with Gasteiger partial charge in [0.2, 0.25) is 0 Å². The van der Waals surface area contributed by atoms with Gasteiger partial charge in [-0.1, -0.05) is 12.1 Å². The van der Waals surface area contributed by atoms with Crippen LogP contribution in [0.5, 0.6) is 0 Å². The summed E-state index contributed by atoms with van der Waals surface area (Å²) in [6.45, 7) is 0.238. The van der Waals surface area contributed by atoms with E-state index in [2.05, 4.69) is 33.2 Å². The molecule has 0 aliphatic rings. The zero-order chi connectivity index (χ0) is 20.5. The Labute approximate surface area is 174 Å². The maximum absolute atomic E-state index is 12.1. The van der Waals surface area contributed by atoms with Crippen LogP contribution in [0.25, 0.3) is 0 Å². The number of nitro groups is 1. The lowest BCUT2D eigenvalue weighted by Gasteiger charge is -2.09. The summed E-state index contributed by atoms with van der Waals surface area (Å²) in [5, 5.41) is 16.7. The van der Waals surface area contributed by atoms with Gasteiger partial charge >= 0.3 is 5.97 Å². The van der Waals surface area contributed by atoms with Gasteiger partial charge in [-0.3, -0.25) is 14.9 Å². The first-order valence-corrected chi connectivity index (χ1v) is 9.23. The molecule has 10 heteroatoms. The van der Waals surface area contributed by atoms with E-state index in [9.17, 15) is 19.7 Å². The van der Waals surface area contributed by atoms with E-state index in [-0.39, 0.29) is 16.9 Å². The molecular weight excluding hydrogens is 481 g/mol. The van der Waals surface area contributed by atoms with Crippen molar-refractivity contribution >= 4 is 51.5 Å². The van der Waals surface area contributed by atoms with Gasteiger partial charge in [0.1, 0.15) is 5.69 Å². The van der Waals surface area contributed by atoms with Crippen LogP contribution in [0.15, 0.2) is 42.5 Å². The summed E-state index contributed by atoms with van der Waals surface area (Å²) < 4.78 is 10.7. The van der Waals surface area contributed by atoms with Crippen molar-refractivity contribution < 1.29 is 24.0 Å². The summed E-state index contributed by atoms with van der Waals surface area (Å²) in [6.07, 6.45) is 0.